The van der Waals surface area contributed by atoms with Crippen molar-refractivity contribution in [1.82, 2.24) is 0 Å². The molecule has 134 valence electrons. The zero-order chi connectivity index (χ0) is 16.9. The van der Waals surface area contributed by atoms with Crippen LogP contribution in [0.5, 0.6) is 11.5 Å². The van der Waals surface area contributed by atoms with Gasteiger partial charge in [0, 0.05) is 17.9 Å². The van der Waals surface area contributed by atoms with Gasteiger partial charge in [0.15, 0.2) is 0 Å². The van der Waals surface area contributed by atoms with E-state index in [0.717, 1.165) is 37.3 Å². The van der Waals surface area contributed by atoms with Crippen LogP contribution in [0, 0.1) is 0 Å². The molecule has 0 saturated heterocycles. The van der Waals surface area contributed by atoms with Gasteiger partial charge in [0.1, 0.15) is 18.0 Å². The highest BCUT2D eigenvalue weighted by atomic mass is 35.5. The van der Waals surface area contributed by atoms with E-state index in [1.54, 1.807) is 14.2 Å². The zero-order valence-corrected chi connectivity index (χ0v) is 16.1. The summed E-state index contributed by atoms with van der Waals surface area (Å²) in [5.74, 6) is 2.44. The van der Waals surface area contributed by atoms with Crippen molar-refractivity contribution in [2.45, 2.75) is 19.3 Å². The minimum Gasteiger partial charge on any atom is -1.00 e. The topological polar surface area (TPSA) is 32.4 Å². The van der Waals surface area contributed by atoms with E-state index in [-0.39, 0.29) is 12.4 Å². The second-order valence-electron chi connectivity index (χ2n) is 5.89. The zero-order valence-electron chi connectivity index (χ0n) is 14.6. The van der Waals surface area contributed by atoms with Crippen molar-refractivity contribution in [1.29, 1.82) is 0 Å². The van der Waals surface area contributed by atoms with Gasteiger partial charge in [0.05, 0.1) is 19.8 Å². The van der Waals surface area contributed by atoms with Crippen molar-refractivity contribution in [3.63, 3.8) is 0 Å². The van der Waals surface area contributed by atoms with Crippen molar-refractivity contribution in [2.75, 3.05) is 26.6 Å². The summed E-state index contributed by atoms with van der Waals surface area (Å²) in [6.07, 6.45) is 2.92. The molecule has 25 heavy (non-hydrogen) atoms. The molecule has 1 heterocycles. The summed E-state index contributed by atoms with van der Waals surface area (Å²) in [5.41, 5.74) is 6.22. The van der Waals surface area contributed by atoms with Gasteiger partial charge in [-0.3, -0.25) is 0 Å². The Hall–Kier alpha value is -1.71. The minimum absolute atomic E-state index is 0. The van der Waals surface area contributed by atoms with Gasteiger partial charge in [0.2, 0.25) is 5.71 Å². The molecule has 0 radical (unpaired) electrons. The fourth-order valence-corrected chi connectivity index (χ4v) is 3.33. The fraction of sp³-hybridized carbons (Fsp3) is 0.350. The number of nitrogens with one attached hydrogen (secondary N) is 1. The highest BCUT2D eigenvalue weighted by molar-refractivity contribution is 6.17. The lowest BCUT2D eigenvalue weighted by atomic mass is 9.89. The maximum absolute atomic E-state index is 5.90. The van der Waals surface area contributed by atoms with E-state index in [1.165, 1.54) is 28.0 Å². The molecule has 1 N–H and O–H groups in total. The van der Waals surface area contributed by atoms with Gasteiger partial charge in [-0.05, 0) is 54.3 Å². The first-order valence-electron chi connectivity index (χ1n) is 8.28. The number of hydrogen-bond acceptors (Lipinski definition) is 2. The van der Waals surface area contributed by atoms with Crippen molar-refractivity contribution < 1.29 is 26.9 Å². The van der Waals surface area contributed by atoms with Crippen molar-refractivity contribution >= 4 is 17.3 Å². The Morgan fingerprint density at radius 1 is 1.00 bits per heavy atom. The summed E-state index contributed by atoms with van der Waals surface area (Å²) in [6, 6.07) is 12.6. The number of hydrogen-bond donors (Lipinski definition) is 1. The van der Waals surface area contributed by atoms with Gasteiger partial charge < -0.3 is 21.9 Å². The Labute approximate surface area is 160 Å². The van der Waals surface area contributed by atoms with Crippen LogP contribution < -0.4 is 26.9 Å². The summed E-state index contributed by atoms with van der Waals surface area (Å²) in [7, 11) is 3.41. The van der Waals surface area contributed by atoms with Crippen LogP contribution in [-0.2, 0) is 12.8 Å². The molecule has 0 spiro atoms. The fourth-order valence-electron chi connectivity index (χ4n) is 3.20. The van der Waals surface area contributed by atoms with Crippen LogP contribution in [0.15, 0.2) is 36.4 Å². The van der Waals surface area contributed by atoms with Gasteiger partial charge >= 0.3 is 0 Å². The first-order chi connectivity index (χ1) is 11.8. The molecule has 0 aromatic heterocycles. The SMILES string of the molecule is COc1ccc2c(c1)CC[NH+]=C2c1cc(OC)ccc1CCCCl.[Cl-]. The average Bonchev–Trinajstić information content (AvgIpc) is 2.65. The van der Waals surface area contributed by atoms with Gasteiger partial charge in [0.25, 0.3) is 0 Å². The molecule has 2 aromatic rings. The number of alkyl halides is 1. The Bertz CT molecular complexity index is 759. The monoisotopic (exact) mass is 379 g/mol. The van der Waals surface area contributed by atoms with E-state index in [2.05, 4.69) is 29.3 Å². The molecular formula is C20H23Cl2NO2. The predicted molar refractivity (Wildman–Crippen MR) is 97.8 cm³/mol. The van der Waals surface area contributed by atoms with Gasteiger partial charge in [-0.25, -0.2) is 4.99 Å². The molecular weight excluding hydrogens is 357 g/mol. The van der Waals surface area contributed by atoms with Crippen LogP contribution in [0.1, 0.15) is 28.7 Å². The minimum atomic E-state index is 0. The van der Waals surface area contributed by atoms with Crippen LogP contribution in [0.4, 0.5) is 0 Å². The maximum Gasteiger partial charge on any atom is 0.213 e. The van der Waals surface area contributed by atoms with Gasteiger partial charge in [-0.2, -0.15) is 0 Å². The van der Waals surface area contributed by atoms with E-state index in [1.807, 2.05) is 12.1 Å². The summed E-state index contributed by atoms with van der Waals surface area (Å²) < 4.78 is 10.8. The highest BCUT2D eigenvalue weighted by Gasteiger charge is 2.24. The summed E-state index contributed by atoms with van der Waals surface area (Å²) in [6.45, 7) is 0.918. The third kappa shape index (κ3) is 4.28. The van der Waals surface area contributed by atoms with E-state index in [9.17, 15) is 0 Å². The molecule has 3 rings (SSSR count). The Morgan fingerprint density at radius 3 is 2.44 bits per heavy atom. The molecule has 0 aliphatic carbocycles. The number of methoxy groups -OCH3 is 2. The van der Waals surface area contributed by atoms with E-state index >= 15 is 0 Å². The van der Waals surface area contributed by atoms with Crippen LogP contribution in [-0.4, -0.2) is 32.4 Å². The Balaban J connectivity index is 0.00000225. The van der Waals surface area contributed by atoms with Gasteiger partial charge in [-0.15, -0.1) is 11.6 Å². The lowest BCUT2D eigenvalue weighted by Crippen LogP contribution is -3.00. The number of aryl methyl sites for hydroxylation is 1. The van der Waals surface area contributed by atoms with Crippen molar-refractivity contribution in [2.24, 2.45) is 0 Å². The Kier molecular flexibility index (Phi) is 7.15. The van der Waals surface area contributed by atoms with E-state index in [4.69, 9.17) is 21.1 Å². The number of ether oxygens (including phenoxy) is 2. The van der Waals surface area contributed by atoms with E-state index in [0.29, 0.717) is 5.88 Å². The average molecular weight is 380 g/mol. The molecule has 0 fully saturated rings. The first-order valence-corrected chi connectivity index (χ1v) is 8.81. The van der Waals surface area contributed by atoms with Gasteiger partial charge in [-0.1, -0.05) is 6.07 Å². The third-order valence-corrected chi connectivity index (χ3v) is 4.71. The summed E-state index contributed by atoms with van der Waals surface area (Å²) >= 11 is 5.90. The Morgan fingerprint density at radius 2 is 1.72 bits per heavy atom. The second kappa shape index (κ2) is 9.12. The summed E-state index contributed by atoms with van der Waals surface area (Å²) in [4.78, 5) is 3.58. The number of fused-ring (bicyclic) bond motifs is 1. The van der Waals surface area contributed by atoms with Crippen LogP contribution >= 0.6 is 11.6 Å². The van der Waals surface area contributed by atoms with Crippen molar-refractivity contribution in [3.05, 3.63) is 58.7 Å². The van der Waals surface area contributed by atoms with Crippen molar-refractivity contribution in [3.8, 4) is 11.5 Å². The molecule has 0 bridgehead atoms. The standard InChI is InChI=1S/C20H22ClNO2.ClH/c1-23-16-7-8-18-15(12-16)9-11-22-20(18)19-13-17(24-2)6-5-14(19)4-3-10-21;/h5-8,12-13H,3-4,9-11H2,1-2H3;1H. The predicted octanol–water partition coefficient (Wildman–Crippen LogP) is -0.647. The molecule has 0 amide bonds. The molecule has 2 aromatic carbocycles. The molecule has 0 atom stereocenters. The number of benzene rings is 2. The lowest BCUT2D eigenvalue weighted by Gasteiger charge is -2.16. The lowest BCUT2D eigenvalue weighted by molar-refractivity contribution is -0.457. The number of halogens is 2. The van der Waals surface area contributed by atoms with Crippen LogP contribution in [0.25, 0.3) is 0 Å². The first kappa shape index (κ1) is 19.6. The molecule has 1 aliphatic rings. The summed E-state index contributed by atoms with van der Waals surface area (Å²) in [5, 5.41) is 0. The molecule has 3 nitrogen and oxygen atoms in total. The molecule has 5 heteroatoms. The molecule has 0 saturated carbocycles. The third-order valence-electron chi connectivity index (χ3n) is 4.44. The van der Waals surface area contributed by atoms with E-state index < -0.39 is 0 Å². The van der Waals surface area contributed by atoms with Crippen LogP contribution in [0.2, 0.25) is 0 Å². The van der Waals surface area contributed by atoms with Crippen LogP contribution in [0.3, 0.4) is 0 Å². The highest BCUT2D eigenvalue weighted by Crippen LogP contribution is 2.25. The normalized spacial score (nSPS) is 12.7. The largest absolute Gasteiger partial charge is 1.00 e. The smallest absolute Gasteiger partial charge is 0.213 e. The second-order valence-corrected chi connectivity index (χ2v) is 6.27. The molecule has 0 unspecified atom stereocenters. The quantitative estimate of drug-likeness (QED) is 0.676. The maximum atomic E-state index is 5.90. The number of rotatable bonds is 6. The molecule has 1 aliphatic heterocycles.